The molecule has 2 aromatic rings. The molecular weight excluding hydrogens is 298 g/mol. The summed E-state index contributed by atoms with van der Waals surface area (Å²) in [7, 11) is 0. The van der Waals surface area contributed by atoms with Crippen LogP contribution in [-0.2, 0) is 6.54 Å². The molecule has 0 atom stereocenters. The van der Waals surface area contributed by atoms with Crippen LogP contribution in [0.5, 0.6) is 0 Å². The van der Waals surface area contributed by atoms with Gasteiger partial charge in [-0.15, -0.1) is 11.3 Å². The van der Waals surface area contributed by atoms with Crippen LogP contribution >= 0.6 is 11.3 Å². The number of hydrogen-bond donors (Lipinski definition) is 1. The van der Waals surface area contributed by atoms with Crippen molar-refractivity contribution in [3.8, 4) is 0 Å². The lowest BCUT2D eigenvalue weighted by Gasteiger charge is -2.26. The summed E-state index contributed by atoms with van der Waals surface area (Å²) in [5.74, 6) is -1.18. The van der Waals surface area contributed by atoms with Crippen LogP contribution in [0, 0.1) is 6.92 Å². The van der Waals surface area contributed by atoms with E-state index in [-0.39, 0.29) is 17.5 Å². The van der Waals surface area contributed by atoms with E-state index in [1.54, 1.807) is 28.4 Å². The summed E-state index contributed by atoms with van der Waals surface area (Å²) in [5, 5.41) is 9.05. The average molecular weight is 317 g/mol. The molecule has 22 heavy (non-hydrogen) atoms. The number of carboxylic acid groups (broad SMARTS) is 1. The average Bonchev–Trinajstić information content (AvgIpc) is 2.89. The summed E-state index contributed by atoms with van der Waals surface area (Å²) in [6.45, 7) is 6.48. The van der Waals surface area contributed by atoms with Gasteiger partial charge in [0.1, 0.15) is 0 Å². The molecule has 0 aliphatic rings. The van der Waals surface area contributed by atoms with Gasteiger partial charge in [-0.05, 0) is 51.1 Å². The van der Waals surface area contributed by atoms with Crippen LogP contribution in [0.2, 0.25) is 0 Å². The monoisotopic (exact) mass is 317 g/mol. The molecule has 1 aromatic carbocycles. The zero-order valence-corrected chi connectivity index (χ0v) is 13.7. The highest BCUT2D eigenvalue weighted by molar-refractivity contribution is 7.11. The molecule has 0 unspecified atom stereocenters. The van der Waals surface area contributed by atoms with Gasteiger partial charge < -0.3 is 10.0 Å². The van der Waals surface area contributed by atoms with E-state index in [0.717, 1.165) is 4.88 Å². The minimum Gasteiger partial charge on any atom is -0.478 e. The lowest BCUT2D eigenvalue weighted by molar-refractivity contribution is 0.0692. The number of aryl methyl sites for hydroxylation is 1. The lowest BCUT2D eigenvalue weighted by atomic mass is 10.1. The number of nitrogens with zero attached hydrogens (tertiary/aromatic N) is 1. The zero-order chi connectivity index (χ0) is 16.3. The Balaban J connectivity index is 2.26. The number of benzene rings is 1. The Kier molecular flexibility index (Phi) is 4.98. The molecule has 116 valence electrons. The molecule has 1 heterocycles. The zero-order valence-electron chi connectivity index (χ0n) is 12.9. The maximum atomic E-state index is 12.7. The predicted molar refractivity (Wildman–Crippen MR) is 87.5 cm³/mol. The molecule has 0 saturated heterocycles. The molecule has 0 bridgehead atoms. The fourth-order valence-corrected chi connectivity index (χ4v) is 3.07. The second-order valence-corrected chi connectivity index (χ2v) is 6.80. The van der Waals surface area contributed by atoms with E-state index in [1.807, 2.05) is 32.9 Å². The summed E-state index contributed by atoms with van der Waals surface area (Å²) in [4.78, 5) is 27.8. The first-order valence-corrected chi connectivity index (χ1v) is 7.89. The number of thiophene rings is 1. The van der Waals surface area contributed by atoms with Gasteiger partial charge in [0.05, 0.1) is 12.1 Å². The summed E-state index contributed by atoms with van der Waals surface area (Å²) < 4.78 is 0. The molecule has 1 amide bonds. The van der Waals surface area contributed by atoms with Crippen molar-refractivity contribution >= 4 is 23.2 Å². The first-order valence-electron chi connectivity index (χ1n) is 7.08. The van der Waals surface area contributed by atoms with Gasteiger partial charge in [-0.1, -0.05) is 6.07 Å². The number of carbonyl (C=O) groups is 2. The third-order valence-corrected chi connectivity index (χ3v) is 4.35. The summed E-state index contributed by atoms with van der Waals surface area (Å²) >= 11 is 1.67. The SMILES string of the molecule is Cc1ccc(CN(C(=O)c2cccc(C(=O)O)c2)C(C)C)s1. The number of aromatic carboxylic acids is 1. The summed E-state index contributed by atoms with van der Waals surface area (Å²) in [5.41, 5.74) is 0.531. The second kappa shape index (κ2) is 6.75. The quantitative estimate of drug-likeness (QED) is 0.912. The predicted octanol–water partition coefficient (Wildman–Crippen LogP) is 3.81. The van der Waals surface area contributed by atoms with Crippen molar-refractivity contribution in [3.63, 3.8) is 0 Å². The van der Waals surface area contributed by atoms with Crippen molar-refractivity contribution in [1.29, 1.82) is 0 Å². The van der Waals surface area contributed by atoms with Crippen molar-refractivity contribution in [2.24, 2.45) is 0 Å². The highest BCUT2D eigenvalue weighted by Gasteiger charge is 2.20. The second-order valence-electron chi connectivity index (χ2n) is 5.43. The molecule has 0 saturated carbocycles. The van der Waals surface area contributed by atoms with Crippen molar-refractivity contribution in [2.75, 3.05) is 0 Å². The molecule has 1 N–H and O–H groups in total. The minimum absolute atomic E-state index is 0.0309. The van der Waals surface area contributed by atoms with E-state index in [2.05, 4.69) is 0 Å². The van der Waals surface area contributed by atoms with Gasteiger partial charge in [0.25, 0.3) is 5.91 Å². The molecule has 0 aliphatic heterocycles. The first kappa shape index (κ1) is 16.2. The Morgan fingerprint density at radius 3 is 2.41 bits per heavy atom. The molecule has 0 fully saturated rings. The maximum Gasteiger partial charge on any atom is 0.335 e. The van der Waals surface area contributed by atoms with Crippen LogP contribution in [0.25, 0.3) is 0 Å². The number of carbonyl (C=O) groups excluding carboxylic acids is 1. The Labute approximate surface area is 134 Å². The Bertz CT molecular complexity index is 691. The van der Waals surface area contributed by atoms with Crippen LogP contribution in [0.4, 0.5) is 0 Å². The molecule has 0 aliphatic carbocycles. The lowest BCUT2D eigenvalue weighted by Crippen LogP contribution is -2.36. The highest BCUT2D eigenvalue weighted by Crippen LogP contribution is 2.20. The van der Waals surface area contributed by atoms with Gasteiger partial charge >= 0.3 is 5.97 Å². The minimum atomic E-state index is -1.03. The molecule has 0 radical (unpaired) electrons. The first-order chi connectivity index (χ1) is 10.4. The van der Waals surface area contributed by atoms with Crippen LogP contribution in [0.3, 0.4) is 0 Å². The van der Waals surface area contributed by atoms with E-state index in [4.69, 9.17) is 5.11 Å². The fourth-order valence-electron chi connectivity index (χ4n) is 2.18. The van der Waals surface area contributed by atoms with Gasteiger partial charge in [0.15, 0.2) is 0 Å². The highest BCUT2D eigenvalue weighted by atomic mass is 32.1. The van der Waals surface area contributed by atoms with Crippen LogP contribution < -0.4 is 0 Å². The van der Waals surface area contributed by atoms with Crippen molar-refractivity contribution in [3.05, 3.63) is 57.3 Å². The summed E-state index contributed by atoms with van der Waals surface area (Å²) in [6.07, 6.45) is 0. The normalized spacial score (nSPS) is 10.7. The molecule has 0 spiro atoms. The van der Waals surface area contributed by atoms with E-state index in [0.29, 0.717) is 12.1 Å². The van der Waals surface area contributed by atoms with Crippen LogP contribution in [0.1, 0.15) is 44.3 Å². The molecule has 1 aromatic heterocycles. The third kappa shape index (κ3) is 3.74. The van der Waals surface area contributed by atoms with E-state index in [1.165, 1.54) is 17.0 Å². The van der Waals surface area contributed by atoms with Crippen molar-refractivity contribution in [1.82, 2.24) is 4.90 Å². The largest absolute Gasteiger partial charge is 0.478 e. The van der Waals surface area contributed by atoms with Crippen molar-refractivity contribution < 1.29 is 14.7 Å². The van der Waals surface area contributed by atoms with Gasteiger partial charge in [-0.25, -0.2) is 4.79 Å². The number of hydrogen-bond acceptors (Lipinski definition) is 3. The van der Waals surface area contributed by atoms with E-state index in [9.17, 15) is 9.59 Å². The van der Waals surface area contributed by atoms with Crippen LogP contribution in [-0.4, -0.2) is 27.9 Å². The van der Waals surface area contributed by atoms with Gasteiger partial charge in [0, 0.05) is 21.4 Å². The van der Waals surface area contributed by atoms with Crippen molar-refractivity contribution in [2.45, 2.75) is 33.4 Å². The molecule has 2 rings (SSSR count). The number of rotatable bonds is 5. The smallest absolute Gasteiger partial charge is 0.335 e. The van der Waals surface area contributed by atoms with Gasteiger partial charge in [-0.3, -0.25) is 4.79 Å². The van der Waals surface area contributed by atoms with Gasteiger partial charge in [0.2, 0.25) is 0 Å². The number of amides is 1. The van der Waals surface area contributed by atoms with E-state index < -0.39 is 5.97 Å². The Hall–Kier alpha value is -2.14. The molecule has 5 heteroatoms. The van der Waals surface area contributed by atoms with Gasteiger partial charge in [-0.2, -0.15) is 0 Å². The topological polar surface area (TPSA) is 57.6 Å². The number of carboxylic acids is 1. The van der Waals surface area contributed by atoms with E-state index >= 15 is 0 Å². The molecular formula is C17H19NO3S. The molecule has 4 nitrogen and oxygen atoms in total. The van der Waals surface area contributed by atoms with Crippen LogP contribution in [0.15, 0.2) is 36.4 Å². The Morgan fingerprint density at radius 1 is 1.18 bits per heavy atom. The summed E-state index contributed by atoms with van der Waals surface area (Å²) in [6, 6.07) is 10.3. The fraction of sp³-hybridized carbons (Fsp3) is 0.294. The maximum absolute atomic E-state index is 12.7. The third-order valence-electron chi connectivity index (χ3n) is 3.36. The standard InChI is InChI=1S/C17H19NO3S/c1-11(2)18(10-15-8-7-12(3)22-15)16(19)13-5-4-6-14(9-13)17(20)21/h4-9,11H,10H2,1-3H3,(H,20,21). The Morgan fingerprint density at radius 2 is 1.86 bits per heavy atom.